The van der Waals surface area contributed by atoms with Crippen molar-refractivity contribution in [2.24, 2.45) is 0 Å². The van der Waals surface area contributed by atoms with Crippen LogP contribution in [0.4, 0.5) is 0 Å². The third kappa shape index (κ3) is 2.92. The van der Waals surface area contributed by atoms with Gasteiger partial charge in [0.2, 0.25) is 5.91 Å². The van der Waals surface area contributed by atoms with Crippen LogP contribution in [0, 0.1) is 0 Å². The first kappa shape index (κ1) is 13.3. The fourth-order valence-electron chi connectivity index (χ4n) is 2.49. The van der Waals surface area contributed by atoms with Crippen molar-refractivity contribution in [3.63, 3.8) is 0 Å². The fraction of sp³-hybridized carbons (Fsp3) is 0.333. The lowest BCUT2D eigenvalue weighted by atomic mass is 10.1. The predicted octanol–water partition coefficient (Wildman–Crippen LogP) is 2.21. The summed E-state index contributed by atoms with van der Waals surface area (Å²) < 4.78 is 0. The first-order valence-corrected chi connectivity index (χ1v) is 7.13. The van der Waals surface area contributed by atoms with Gasteiger partial charge in [-0.25, -0.2) is 4.98 Å². The van der Waals surface area contributed by atoms with Crippen molar-refractivity contribution in [3.05, 3.63) is 41.0 Å². The van der Waals surface area contributed by atoms with Crippen molar-refractivity contribution < 1.29 is 4.79 Å². The zero-order valence-electron chi connectivity index (χ0n) is 11.1. The van der Waals surface area contributed by atoms with Gasteiger partial charge in [0.25, 0.3) is 0 Å². The van der Waals surface area contributed by atoms with Crippen LogP contribution in [-0.4, -0.2) is 35.4 Å². The number of nitrogens with one attached hydrogen (secondary N) is 1. The van der Waals surface area contributed by atoms with Crippen LogP contribution >= 0.6 is 11.6 Å². The number of fused-ring (bicyclic) bond motifs is 1. The minimum atomic E-state index is 0.0763. The second kappa shape index (κ2) is 5.77. The number of aromatic nitrogens is 1. The summed E-state index contributed by atoms with van der Waals surface area (Å²) in [4.78, 5) is 18.1. The van der Waals surface area contributed by atoms with Crippen LogP contribution in [0.1, 0.15) is 12.0 Å². The van der Waals surface area contributed by atoms with Crippen molar-refractivity contribution in [2.45, 2.75) is 13.0 Å². The molecule has 4 nitrogen and oxygen atoms in total. The van der Waals surface area contributed by atoms with Crippen molar-refractivity contribution in [1.82, 2.24) is 15.2 Å². The summed E-state index contributed by atoms with van der Waals surface area (Å²) in [5, 5.41) is 4.47. The lowest BCUT2D eigenvalue weighted by molar-refractivity contribution is -0.121. The molecule has 104 valence electrons. The van der Waals surface area contributed by atoms with E-state index in [1.54, 1.807) is 0 Å². The average molecular weight is 290 g/mol. The Morgan fingerprint density at radius 1 is 1.35 bits per heavy atom. The Labute approximate surface area is 122 Å². The molecule has 0 bridgehead atoms. The summed E-state index contributed by atoms with van der Waals surface area (Å²) in [6.07, 6.45) is 0.963. The number of halogens is 1. The Kier molecular flexibility index (Phi) is 3.85. The van der Waals surface area contributed by atoms with Crippen LogP contribution in [0.5, 0.6) is 0 Å². The molecule has 1 aliphatic heterocycles. The molecule has 1 N–H and O–H groups in total. The topological polar surface area (TPSA) is 45.2 Å². The molecule has 1 aromatic carbocycles. The number of carbonyl (C=O) groups excluding carboxylic acids is 1. The second-order valence-corrected chi connectivity index (χ2v) is 5.40. The van der Waals surface area contributed by atoms with Gasteiger partial charge >= 0.3 is 0 Å². The monoisotopic (exact) mass is 289 g/mol. The first-order chi connectivity index (χ1) is 9.72. The van der Waals surface area contributed by atoms with Crippen LogP contribution in [-0.2, 0) is 11.3 Å². The Hall–Kier alpha value is -1.65. The number of benzene rings is 1. The largest absolute Gasteiger partial charge is 0.355 e. The summed E-state index contributed by atoms with van der Waals surface area (Å²) in [5.41, 5.74) is 1.87. The Morgan fingerprint density at radius 3 is 3.10 bits per heavy atom. The normalized spacial score (nSPS) is 16.9. The third-order valence-corrected chi connectivity index (χ3v) is 3.81. The van der Waals surface area contributed by atoms with E-state index in [0.717, 1.165) is 36.0 Å². The molecule has 1 fully saturated rings. The van der Waals surface area contributed by atoms with Crippen LogP contribution in [0.25, 0.3) is 10.9 Å². The molecule has 3 rings (SSSR count). The van der Waals surface area contributed by atoms with E-state index in [1.807, 2.05) is 24.3 Å². The van der Waals surface area contributed by atoms with E-state index in [4.69, 9.17) is 11.6 Å². The summed E-state index contributed by atoms with van der Waals surface area (Å²) in [6, 6.07) is 9.97. The lowest BCUT2D eigenvalue weighted by Crippen LogP contribution is -2.32. The van der Waals surface area contributed by atoms with E-state index >= 15 is 0 Å². The van der Waals surface area contributed by atoms with Gasteiger partial charge in [0.15, 0.2) is 0 Å². The molecule has 0 radical (unpaired) electrons. The number of amides is 1. The maximum absolute atomic E-state index is 11.6. The molecule has 0 aliphatic carbocycles. The Morgan fingerprint density at radius 2 is 2.20 bits per heavy atom. The predicted molar refractivity (Wildman–Crippen MR) is 79.7 cm³/mol. The van der Waals surface area contributed by atoms with Crippen LogP contribution in [0.15, 0.2) is 30.3 Å². The minimum Gasteiger partial charge on any atom is -0.355 e. The maximum Gasteiger partial charge on any atom is 0.234 e. The van der Waals surface area contributed by atoms with Gasteiger partial charge in [-0.1, -0.05) is 29.8 Å². The van der Waals surface area contributed by atoms with Gasteiger partial charge in [-0.3, -0.25) is 9.69 Å². The SMILES string of the molecule is O=C1CN(Cc2cc3ccccc3nc2Cl)CCCN1. The van der Waals surface area contributed by atoms with Gasteiger partial charge in [0.1, 0.15) is 5.15 Å². The van der Waals surface area contributed by atoms with E-state index in [0.29, 0.717) is 18.2 Å². The quantitative estimate of drug-likeness (QED) is 0.862. The molecule has 2 aromatic rings. The highest BCUT2D eigenvalue weighted by atomic mass is 35.5. The molecule has 0 atom stereocenters. The molecule has 2 heterocycles. The number of hydrogen-bond acceptors (Lipinski definition) is 3. The number of para-hydroxylation sites is 1. The average Bonchev–Trinajstić information content (AvgIpc) is 2.64. The van der Waals surface area contributed by atoms with Gasteiger partial charge in [0.05, 0.1) is 12.1 Å². The fourth-order valence-corrected chi connectivity index (χ4v) is 2.70. The number of hydrogen-bond donors (Lipinski definition) is 1. The Bertz CT molecular complexity index is 644. The van der Waals surface area contributed by atoms with E-state index in [2.05, 4.69) is 21.3 Å². The molecular formula is C15H16ClN3O. The summed E-state index contributed by atoms with van der Waals surface area (Å²) in [6.45, 7) is 2.72. The van der Waals surface area contributed by atoms with E-state index in [9.17, 15) is 4.79 Å². The number of carbonyl (C=O) groups is 1. The molecule has 1 saturated heterocycles. The first-order valence-electron chi connectivity index (χ1n) is 6.75. The third-order valence-electron chi connectivity index (χ3n) is 3.48. The highest BCUT2D eigenvalue weighted by Gasteiger charge is 2.16. The molecule has 0 saturated carbocycles. The summed E-state index contributed by atoms with van der Waals surface area (Å²) in [5.74, 6) is 0.0763. The molecule has 0 unspecified atom stereocenters. The zero-order valence-corrected chi connectivity index (χ0v) is 11.9. The van der Waals surface area contributed by atoms with Crippen LogP contribution in [0.2, 0.25) is 5.15 Å². The minimum absolute atomic E-state index is 0.0763. The summed E-state index contributed by atoms with van der Waals surface area (Å²) in [7, 11) is 0. The molecule has 20 heavy (non-hydrogen) atoms. The van der Waals surface area contributed by atoms with Gasteiger partial charge < -0.3 is 5.32 Å². The van der Waals surface area contributed by atoms with E-state index in [1.165, 1.54) is 0 Å². The van der Waals surface area contributed by atoms with Gasteiger partial charge in [-0.05, 0) is 18.6 Å². The van der Waals surface area contributed by atoms with Gasteiger partial charge in [-0.15, -0.1) is 0 Å². The van der Waals surface area contributed by atoms with Crippen LogP contribution < -0.4 is 5.32 Å². The Balaban J connectivity index is 1.86. The number of pyridine rings is 1. The van der Waals surface area contributed by atoms with Gasteiger partial charge in [0, 0.05) is 30.6 Å². The lowest BCUT2D eigenvalue weighted by Gasteiger charge is -2.19. The molecule has 0 spiro atoms. The molecular weight excluding hydrogens is 274 g/mol. The van der Waals surface area contributed by atoms with Crippen molar-refractivity contribution >= 4 is 28.4 Å². The van der Waals surface area contributed by atoms with Gasteiger partial charge in [-0.2, -0.15) is 0 Å². The maximum atomic E-state index is 11.6. The zero-order chi connectivity index (χ0) is 13.9. The molecule has 1 amide bonds. The van der Waals surface area contributed by atoms with Crippen molar-refractivity contribution in [3.8, 4) is 0 Å². The summed E-state index contributed by atoms with van der Waals surface area (Å²) >= 11 is 6.26. The van der Waals surface area contributed by atoms with Crippen LogP contribution in [0.3, 0.4) is 0 Å². The second-order valence-electron chi connectivity index (χ2n) is 5.05. The van der Waals surface area contributed by atoms with E-state index in [-0.39, 0.29) is 5.91 Å². The van der Waals surface area contributed by atoms with Crippen molar-refractivity contribution in [2.75, 3.05) is 19.6 Å². The molecule has 1 aromatic heterocycles. The number of rotatable bonds is 2. The number of nitrogens with zero attached hydrogens (tertiary/aromatic N) is 2. The standard InChI is InChI=1S/C15H16ClN3O/c16-15-12(8-11-4-1-2-5-13(11)18-15)9-19-7-3-6-17-14(20)10-19/h1-2,4-5,8H,3,6-7,9-10H2,(H,17,20). The molecule has 1 aliphatic rings. The highest BCUT2D eigenvalue weighted by molar-refractivity contribution is 6.30. The van der Waals surface area contributed by atoms with E-state index < -0.39 is 0 Å². The smallest absolute Gasteiger partial charge is 0.234 e. The highest BCUT2D eigenvalue weighted by Crippen LogP contribution is 2.22. The molecule has 5 heteroatoms. The van der Waals surface area contributed by atoms with Crippen molar-refractivity contribution in [1.29, 1.82) is 0 Å².